The van der Waals surface area contributed by atoms with Gasteiger partial charge in [-0.15, -0.1) is 0 Å². The molecule has 0 radical (unpaired) electrons. The van der Waals surface area contributed by atoms with Gasteiger partial charge in [0, 0.05) is 24.8 Å². The Bertz CT molecular complexity index is 368. The lowest BCUT2D eigenvalue weighted by atomic mass is 10.1. The third-order valence-electron chi connectivity index (χ3n) is 3.11. The molecule has 4 nitrogen and oxygen atoms in total. The Hall–Kier alpha value is -1.10. The number of benzene rings is 1. The Morgan fingerprint density at radius 1 is 1.53 bits per heavy atom. The van der Waals surface area contributed by atoms with Gasteiger partial charge < -0.3 is 20.5 Å². The molecular weight excluding hydrogens is 216 g/mol. The van der Waals surface area contributed by atoms with Gasteiger partial charge in [0.05, 0.1) is 19.3 Å². The molecule has 0 amide bonds. The highest BCUT2D eigenvalue weighted by Crippen LogP contribution is 2.26. The van der Waals surface area contributed by atoms with Gasteiger partial charge in [-0.05, 0) is 18.6 Å². The Labute approximate surface area is 102 Å². The lowest BCUT2D eigenvalue weighted by Gasteiger charge is -2.35. The summed E-state index contributed by atoms with van der Waals surface area (Å²) in [7, 11) is 0. The summed E-state index contributed by atoms with van der Waals surface area (Å²) in [6, 6.07) is 8.18. The van der Waals surface area contributed by atoms with Crippen LogP contribution in [0.25, 0.3) is 0 Å². The Kier molecular flexibility index (Phi) is 3.99. The number of ether oxygens (including phenoxy) is 1. The van der Waals surface area contributed by atoms with Crippen molar-refractivity contribution in [2.75, 3.05) is 31.2 Å². The van der Waals surface area contributed by atoms with Crippen LogP contribution in [0, 0.1) is 0 Å². The number of hydrogen-bond acceptors (Lipinski definition) is 4. The minimum absolute atomic E-state index is 0.0154. The maximum atomic E-state index is 9.16. The third kappa shape index (κ3) is 2.77. The van der Waals surface area contributed by atoms with Crippen LogP contribution in [0.4, 0.5) is 5.69 Å². The van der Waals surface area contributed by atoms with Crippen molar-refractivity contribution in [1.82, 2.24) is 0 Å². The first kappa shape index (κ1) is 12.4. The molecule has 1 aliphatic rings. The minimum atomic E-state index is -0.0927. The second-order valence-electron chi connectivity index (χ2n) is 4.47. The molecule has 0 saturated carbocycles. The van der Waals surface area contributed by atoms with Gasteiger partial charge in [0.15, 0.2) is 0 Å². The molecule has 94 valence electrons. The summed E-state index contributed by atoms with van der Waals surface area (Å²) in [6.45, 7) is 4.28. The van der Waals surface area contributed by atoms with E-state index in [1.807, 2.05) is 19.1 Å². The normalized spacial score (nSPS) is 22.5. The van der Waals surface area contributed by atoms with E-state index in [-0.39, 0.29) is 18.8 Å². The first-order chi connectivity index (χ1) is 8.22. The molecule has 1 saturated heterocycles. The molecular formula is C13H20N2O2. The van der Waals surface area contributed by atoms with Crippen LogP contribution < -0.4 is 10.6 Å². The van der Waals surface area contributed by atoms with Crippen LogP contribution in [0.1, 0.15) is 18.5 Å². The van der Waals surface area contributed by atoms with Crippen LogP contribution in [0.2, 0.25) is 0 Å². The summed E-state index contributed by atoms with van der Waals surface area (Å²) in [5.41, 5.74) is 8.28. The van der Waals surface area contributed by atoms with Crippen molar-refractivity contribution >= 4 is 5.69 Å². The van der Waals surface area contributed by atoms with Crippen molar-refractivity contribution < 1.29 is 9.84 Å². The average Bonchev–Trinajstić information content (AvgIpc) is 2.39. The molecule has 3 N–H and O–H groups in total. The number of nitrogens with zero attached hydrogens (tertiary/aromatic N) is 1. The van der Waals surface area contributed by atoms with Gasteiger partial charge in [-0.25, -0.2) is 0 Å². The predicted molar refractivity (Wildman–Crippen MR) is 68.1 cm³/mol. The SMILES string of the molecule is CC(N)c1ccccc1N1CCOC(CO)C1. The number of aliphatic hydroxyl groups excluding tert-OH is 1. The fraction of sp³-hybridized carbons (Fsp3) is 0.538. The van der Waals surface area contributed by atoms with Crippen LogP contribution in [0.3, 0.4) is 0 Å². The first-order valence-electron chi connectivity index (χ1n) is 6.04. The number of nitrogens with two attached hydrogens (primary N) is 1. The van der Waals surface area contributed by atoms with E-state index in [0.29, 0.717) is 6.61 Å². The van der Waals surface area contributed by atoms with Gasteiger partial charge in [0.2, 0.25) is 0 Å². The molecule has 0 bridgehead atoms. The monoisotopic (exact) mass is 236 g/mol. The van der Waals surface area contributed by atoms with E-state index in [0.717, 1.165) is 24.3 Å². The second-order valence-corrected chi connectivity index (χ2v) is 4.47. The zero-order valence-corrected chi connectivity index (χ0v) is 10.2. The number of aliphatic hydroxyl groups is 1. The molecule has 0 spiro atoms. The first-order valence-corrected chi connectivity index (χ1v) is 6.04. The molecule has 2 atom stereocenters. The third-order valence-corrected chi connectivity index (χ3v) is 3.11. The van der Waals surface area contributed by atoms with Gasteiger partial charge in [-0.2, -0.15) is 0 Å². The molecule has 17 heavy (non-hydrogen) atoms. The highest BCUT2D eigenvalue weighted by atomic mass is 16.5. The highest BCUT2D eigenvalue weighted by Gasteiger charge is 2.22. The quantitative estimate of drug-likeness (QED) is 0.819. The molecule has 1 aromatic carbocycles. The number of rotatable bonds is 3. The van der Waals surface area contributed by atoms with E-state index >= 15 is 0 Å². The molecule has 1 aromatic rings. The molecule has 1 heterocycles. The van der Waals surface area contributed by atoms with Gasteiger partial charge in [0.25, 0.3) is 0 Å². The molecule has 2 rings (SSSR count). The maximum absolute atomic E-state index is 9.16. The largest absolute Gasteiger partial charge is 0.394 e. The van der Waals surface area contributed by atoms with E-state index in [4.69, 9.17) is 15.6 Å². The average molecular weight is 236 g/mol. The molecule has 1 aliphatic heterocycles. The van der Waals surface area contributed by atoms with Crippen LogP contribution in [-0.4, -0.2) is 37.5 Å². The summed E-state index contributed by atoms with van der Waals surface area (Å²) in [5.74, 6) is 0. The van der Waals surface area contributed by atoms with Crippen molar-refractivity contribution in [2.24, 2.45) is 5.73 Å². The highest BCUT2D eigenvalue weighted by molar-refractivity contribution is 5.55. The van der Waals surface area contributed by atoms with Crippen molar-refractivity contribution in [3.63, 3.8) is 0 Å². The number of anilines is 1. The Balaban J connectivity index is 2.21. The van der Waals surface area contributed by atoms with Crippen LogP contribution in [0.15, 0.2) is 24.3 Å². The summed E-state index contributed by atoms with van der Waals surface area (Å²) in [6.07, 6.45) is -0.0927. The van der Waals surface area contributed by atoms with Crippen molar-refractivity contribution in [3.05, 3.63) is 29.8 Å². The Morgan fingerprint density at radius 3 is 3.00 bits per heavy atom. The van der Waals surface area contributed by atoms with Crippen molar-refractivity contribution in [3.8, 4) is 0 Å². The summed E-state index contributed by atoms with van der Waals surface area (Å²) in [4.78, 5) is 2.24. The fourth-order valence-electron chi connectivity index (χ4n) is 2.21. The zero-order valence-electron chi connectivity index (χ0n) is 10.2. The number of hydrogen-bond donors (Lipinski definition) is 2. The lowest BCUT2D eigenvalue weighted by molar-refractivity contribution is 0.00351. The zero-order chi connectivity index (χ0) is 12.3. The smallest absolute Gasteiger partial charge is 0.0980 e. The van der Waals surface area contributed by atoms with E-state index in [1.165, 1.54) is 0 Å². The topological polar surface area (TPSA) is 58.7 Å². The van der Waals surface area contributed by atoms with E-state index in [9.17, 15) is 0 Å². The molecule has 0 aliphatic carbocycles. The van der Waals surface area contributed by atoms with Gasteiger partial charge in [0.1, 0.15) is 0 Å². The van der Waals surface area contributed by atoms with E-state index < -0.39 is 0 Å². The van der Waals surface area contributed by atoms with E-state index in [1.54, 1.807) is 0 Å². The van der Waals surface area contributed by atoms with Gasteiger partial charge >= 0.3 is 0 Å². The minimum Gasteiger partial charge on any atom is -0.394 e. The molecule has 4 heteroatoms. The van der Waals surface area contributed by atoms with E-state index in [2.05, 4.69) is 17.0 Å². The standard InChI is InChI=1S/C13H20N2O2/c1-10(14)12-4-2-3-5-13(12)15-6-7-17-11(8-15)9-16/h2-5,10-11,16H,6-9,14H2,1H3. The molecule has 0 aromatic heterocycles. The number of morpholine rings is 1. The van der Waals surface area contributed by atoms with Crippen LogP contribution in [-0.2, 0) is 4.74 Å². The lowest BCUT2D eigenvalue weighted by Crippen LogP contribution is -2.44. The van der Waals surface area contributed by atoms with Crippen molar-refractivity contribution in [1.29, 1.82) is 0 Å². The predicted octanol–water partition coefficient (Wildman–Crippen LogP) is 0.904. The summed E-state index contributed by atoms with van der Waals surface area (Å²) >= 11 is 0. The van der Waals surface area contributed by atoms with Gasteiger partial charge in [-0.3, -0.25) is 0 Å². The Morgan fingerprint density at radius 2 is 2.29 bits per heavy atom. The maximum Gasteiger partial charge on any atom is 0.0980 e. The molecule has 1 fully saturated rings. The molecule has 2 unspecified atom stereocenters. The second kappa shape index (κ2) is 5.49. The van der Waals surface area contributed by atoms with Gasteiger partial charge in [-0.1, -0.05) is 18.2 Å². The fourth-order valence-corrected chi connectivity index (χ4v) is 2.21. The van der Waals surface area contributed by atoms with Crippen LogP contribution >= 0.6 is 0 Å². The van der Waals surface area contributed by atoms with Crippen LogP contribution in [0.5, 0.6) is 0 Å². The summed E-state index contributed by atoms with van der Waals surface area (Å²) < 4.78 is 5.46. The number of para-hydroxylation sites is 1. The summed E-state index contributed by atoms with van der Waals surface area (Å²) in [5, 5.41) is 9.16. The van der Waals surface area contributed by atoms with Crippen molar-refractivity contribution in [2.45, 2.75) is 19.1 Å².